The van der Waals surface area contributed by atoms with Crippen LogP contribution >= 0.6 is 0 Å². The maximum Gasteiger partial charge on any atom is 0.227 e. The lowest BCUT2D eigenvalue weighted by Crippen LogP contribution is -2.81. The molecule has 4 nitrogen and oxygen atoms in total. The van der Waals surface area contributed by atoms with Crippen molar-refractivity contribution in [3.05, 3.63) is 183 Å². The summed E-state index contributed by atoms with van der Waals surface area (Å²) in [6.07, 6.45) is -2.33. The van der Waals surface area contributed by atoms with E-state index in [1.807, 2.05) is 24.3 Å². The van der Waals surface area contributed by atoms with Crippen LogP contribution in [0.25, 0.3) is 5.57 Å². The zero-order chi connectivity index (χ0) is 48.0. The van der Waals surface area contributed by atoms with Gasteiger partial charge in [0.05, 0.1) is 11.8 Å². The van der Waals surface area contributed by atoms with Crippen molar-refractivity contribution in [3.8, 4) is 6.07 Å². The third kappa shape index (κ3) is 7.55. The normalized spacial score (nSPS) is 11.3. The number of carbonyl (C=O) groups excluding carboxylic acids is 1. The predicted octanol–water partition coefficient (Wildman–Crippen LogP) is 7.63. The van der Waals surface area contributed by atoms with Gasteiger partial charge < -0.3 is 0 Å². The van der Waals surface area contributed by atoms with Gasteiger partial charge in [-0.15, -0.1) is 21.9 Å². The number of nitriles is 1. The Hall–Kier alpha value is -7.26. The van der Waals surface area contributed by atoms with Gasteiger partial charge in [-0.25, -0.2) is 92.8 Å². The van der Waals surface area contributed by atoms with Crippen molar-refractivity contribution < 1.29 is 97.2 Å². The molecule has 0 spiro atoms. The minimum atomic E-state index is -7.22. The summed E-state index contributed by atoms with van der Waals surface area (Å²) in [5.41, 5.74) is -12.9. The van der Waals surface area contributed by atoms with E-state index in [-0.39, 0.29) is 17.9 Å². The van der Waals surface area contributed by atoms with Crippen molar-refractivity contribution in [2.75, 3.05) is 0 Å². The molecule has 0 amide bonds. The van der Waals surface area contributed by atoms with Crippen molar-refractivity contribution in [1.82, 2.24) is 4.98 Å². The Balaban J connectivity index is 0.000000337. The van der Waals surface area contributed by atoms with Crippen LogP contribution < -0.4 is 26.4 Å². The number of halogens is 20. The number of rotatable bonds is 8. The Labute approximate surface area is 342 Å². The fourth-order valence-electron chi connectivity index (χ4n) is 6.50. The van der Waals surface area contributed by atoms with Crippen LogP contribution in [0.3, 0.4) is 0 Å². The molecule has 0 N–H and O–H groups in total. The number of ketones is 1. The SMILES string of the molecule is C=C(C#N)c1c[n+](CC(=O)c2ccccc2)ccn1.Fc1c(F)c(F)c([B-](c2c(F)c(F)c(F)c(F)c2F)(c2c(F)c(F)c(F)c(F)c2F)c2c(F)c(F)c(F)c(F)c2F)c(F)c1F. The van der Waals surface area contributed by atoms with Gasteiger partial charge in [-0.3, -0.25) is 4.79 Å². The van der Waals surface area contributed by atoms with E-state index in [0.717, 1.165) is 0 Å². The van der Waals surface area contributed by atoms with Crippen LogP contribution in [-0.2, 0) is 6.54 Å². The van der Waals surface area contributed by atoms with Gasteiger partial charge in [0.25, 0.3) is 0 Å². The summed E-state index contributed by atoms with van der Waals surface area (Å²) in [5.74, 6) is -71.4. The second kappa shape index (κ2) is 17.8. The first-order valence-corrected chi connectivity index (χ1v) is 16.7. The molecule has 1 aromatic heterocycles. The molecule has 0 aliphatic heterocycles. The first-order valence-electron chi connectivity index (χ1n) is 16.7. The highest BCUT2D eigenvalue weighted by atomic mass is 19.2. The zero-order valence-corrected chi connectivity index (χ0v) is 30.4. The number of nitrogens with zero attached hydrogens (tertiary/aromatic N) is 3. The largest absolute Gasteiger partial charge is 0.287 e. The standard InChI is InChI=1S/C24BF20.C15H12N3O/c26-5-1(6(27)14(35)21(42)13(5)34)25(2-7(28)15(36)22(43)16(37)8(2)29,3-9(30)17(38)23(44)18(39)10(3)31)4-11(32)19(40)24(45)20(41)12(4)33;1-12(9-16)14-10-18(8-7-17-14)11-15(19)13-5-3-2-4-6-13/h;2-8,10H,1,11H2/q-1;+1. The van der Waals surface area contributed by atoms with Crippen molar-refractivity contribution in [2.24, 2.45) is 0 Å². The van der Waals surface area contributed by atoms with Gasteiger partial charge in [-0.05, 0) is 0 Å². The highest BCUT2D eigenvalue weighted by Crippen LogP contribution is 2.30. The van der Waals surface area contributed by atoms with Crippen LogP contribution in [-0.4, -0.2) is 16.9 Å². The lowest BCUT2D eigenvalue weighted by molar-refractivity contribution is -0.683. The van der Waals surface area contributed by atoms with Crippen molar-refractivity contribution >= 4 is 39.4 Å². The summed E-state index contributed by atoms with van der Waals surface area (Å²) < 4.78 is 296. The summed E-state index contributed by atoms with van der Waals surface area (Å²) in [4.78, 5) is 16.1. The lowest BCUT2D eigenvalue weighted by atomic mass is 9.12. The number of Topliss-reactive ketones (excluding diaryl/α,β-unsaturated/α-hetero) is 1. The summed E-state index contributed by atoms with van der Waals surface area (Å²) >= 11 is 0. The van der Waals surface area contributed by atoms with E-state index in [9.17, 15) is 57.5 Å². The Morgan fingerprint density at radius 1 is 0.500 bits per heavy atom. The second-order valence-electron chi connectivity index (χ2n) is 12.8. The summed E-state index contributed by atoms with van der Waals surface area (Å²) in [6, 6.07) is 11.0. The molecule has 0 unspecified atom stereocenters. The smallest absolute Gasteiger partial charge is 0.227 e. The first-order chi connectivity index (χ1) is 29.9. The highest BCUT2D eigenvalue weighted by Gasteiger charge is 2.52. The van der Waals surface area contributed by atoms with Gasteiger partial charge in [0, 0.05) is 5.56 Å². The molecule has 0 radical (unpaired) electrons. The number of hydrogen-bond donors (Lipinski definition) is 0. The van der Waals surface area contributed by atoms with Crippen LogP contribution in [0, 0.1) is 128 Å². The average molecular weight is 929 g/mol. The molecule has 0 bridgehead atoms. The Morgan fingerprint density at radius 3 is 1.06 bits per heavy atom. The summed E-state index contributed by atoms with van der Waals surface area (Å²) in [6.45, 7) is 3.81. The van der Waals surface area contributed by atoms with Gasteiger partial charge in [-0.1, -0.05) is 36.9 Å². The Kier molecular flexibility index (Phi) is 13.3. The molecule has 332 valence electrons. The maximum absolute atomic E-state index is 15.4. The summed E-state index contributed by atoms with van der Waals surface area (Å²) in [7, 11) is 0. The van der Waals surface area contributed by atoms with Gasteiger partial charge >= 0.3 is 0 Å². The minimum Gasteiger partial charge on any atom is -0.287 e. The quantitative estimate of drug-likeness (QED) is 0.0300. The topological polar surface area (TPSA) is 57.6 Å². The fraction of sp³-hybridized carbons (Fsp3) is 0.0256. The molecule has 0 aliphatic rings. The van der Waals surface area contributed by atoms with Crippen molar-refractivity contribution in [3.63, 3.8) is 0 Å². The van der Waals surface area contributed by atoms with E-state index < -0.39 is 144 Å². The van der Waals surface area contributed by atoms with E-state index in [1.165, 1.54) is 0 Å². The van der Waals surface area contributed by atoms with Gasteiger partial charge in [0.15, 0.2) is 82.2 Å². The van der Waals surface area contributed by atoms with Crippen molar-refractivity contribution in [2.45, 2.75) is 6.54 Å². The third-order valence-corrected chi connectivity index (χ3v) is 9.33. The molecule has 0 saturated carbocycles. The second-order valence-corrected chi connectivity index (χ2v) is 12.8. The van der Waals surface area contributed by atoms with Gasteiger partial charge in [-0.2, -0.15) is 9.83 Å². The van der Waals surface area contributed by atoms with Gasteiger partial charge in [0.1, 0.15) is 64.4 Å². The van der Waals surface area contributed by atoms with Gasteiger partial charge in [0.2, 0.25) is 12.3 Å². The van der Waals surface area contributed by atoms with E-state index in [4.69, 9.17) is 5.26 Å². The Bertz CT molecular complexity index is 2600. The molecule has 0 atom stereocenters. The molecule has 6 rings (SSSR count). The van der Waals surface area contributed by atoms with E-state index >= 15 is 35.1 Å². The molecular weight excluding hydrogens is 917 g/mol. The average Bonchev–Trinajstić information content (AvgIpc) is 3.29. The predicted molar refractivity (Wildman–Crippen MR) is 179 cm³/mol. The molecule has 5 aromatic carbocycles. The van der Waals surface area contributed by atoms with Crippen LogP contribution in [0.5, 0.6) is 0 Å². The van der Waals surface area contributed by atoms with Crippen LogP contribution in [0.4, 0.5) is 87.8 Å². The van der Waals surface area contributed by atoms with Crippen LogP contribution in [0.2, 0.25) is 0 Å². The monoisotopic (exact) mass is 929 g/mol. The number of aromatic nitrogens is 2. The third-order valence-electron chi connectivity index (χ3n) is 9.33. The maximum atomic E-state index is 15.4. The lowest BCUT2D eigenvalue weighted by Gasteiger charge is -2.44. The molecule has 6 aromatic rings. The molecule has 0 fully saturated rings. The van der Waals surface area contributed by atoms with Crippen molar-refractivity contribution in [1.29, 1.82) is 5.26 Å². The number of benzene rings is 5. The molecule has 0 saturated heterocycles. The molecule has 64 heavy (non-hydrogen) atoms. The molecule has 0 aliphatic carbocycles. The Morgan fingerprint density at radius 2 is 0.781 bits per heavy atom. The van der Waals surface area contributed by atoms with Crippen LogP contribution in [0.15, 0.2) is 55.5 Å². The van der Waals surface area contributed by atoms with E-state index in [0.29, 0.717) is 11.3 Å². The number of hydrogen-bond acceptors (Lipinski definition) is 3. The zero-order valence-electron chi connectivity index (χ0n) is 30.4. The minimum absolute atomic E-state index is 0.00493. The molecular formula is C39H12BF20N3O. The van der Waals surface area contributed by atoms with E-state index in [2.05, 4.69) is 11.6 Å². The van der Waals surface area contributed by atoms with E-state index in [1.54, 1.807) is 35.3 Å². The number of carbonyl (C=O) groups is 1. The first kappa shape index (κ1) is 47.8. The number of allylic oxidation sites excluding steroid dienone is 1. The summed E-state index contributed by atoms with van der Waals surface area (Å²) in [5, 5.41) is 8.77. The molecule has 25 heteroatoms. The highest BCUT2D eigenvalue weighted by molar-refractivity contribution is 7.20. The van der Waals surface area contributed by atoms with Crippen LogP contribution in [0.1, 0.15) is 16.1 Å². The molecule has 1 heterocycles. The fourth-order valence-corrected chi connectivity index (χ4v) is 6.50.